The third-order valence-corrected chi connectivity index (χ3v) is 1.92. The molecule has 0 aliphatic carbocycles. The van der Waals surface area contributed by atoms with Gasteiger partial charge in [0.15, 0.2) is 0 Å². The Balaban J connectivity index is 3.09. The molecule has 4 heteroatoms. The summed E-state index contributed by atoms with van der Waals surface area (Å²) in [6, 6.07) is 1.89. The lowest BCUT2D eigenvalue weighted by Gasteiger charge is -2.21. The summed E-state index contributed by atoms with van der Waals surface area (Å²) in [6.45, 7) is 3.60. The zero-order chi connectivity index (χ0) is 9.35. The van der Waals surface area contributed by atoms with Crippen LogP contribution in [0.25, 0.3) is 0 Å². The van der Waals surface area contributed by atoms with E-state index in [0.717, 1.165) is 11.4 Å². The number of aliphatic hydroxyl groups excluding tert-OH is 1. The van der Waals surface area contributed by atoms with Crippen LogP contribution in [0.1, 0.15) is 18.3 Å². The fourth-order valence-corrected chi connectivity index (χ4v) is 1.23. The molecule has 0 aliphatic rings. The highest BCUT2D eigenvalue weighted by molar-refractivity contribution is 5.17. The Morgan fingerprint density at radius 3 is 2.67 bits per heavy atom. The first-order chi connectivity index (χ1) is 5.47. The average molecular weight is 169 g/mol. The van der Waals surface area contributed by atoms with E-state index < -0.39 is 5.54 Å². The van der Waals surface area contributed by atoms with Crippen LogP contribution >= 0.6 is 0 Å². The maximum atomic E-state index is 9.02. The maximum Gasteiger partial charge on any atom is 0.0785 e. The molecular weight excluding hydrogens is 154 g/mol. The molecule has 1 aromatic rings. The smallest absolute Gasteiger partial charge is 0.0785 e. The summed E-state index contributed by atoms with van der Waals surface area (Å²) in [4.78, 5) is 0. The molecule has 0 aliphatic heterocycles. The highest BCUT2D eigenvalue weighted by Gasteiger charge is 2.23. The molecule has 68 valence electrons. The van der Waals surface area contributed by atoms with Gasteiger partial charge in [-0.2, -0.15) is 5.10 Å². The summed E-state index contributed by atoms with van der Waals surface area (Å²) in [5, 5.41) is 13.2. The first kappa shape index (κ1) is 9.22. The van der Waals surface area contributed by atoms with Crippen molar-refractivity contribution in [2.75, 3.05) is 6.61 Å². The second-order valence-corrected chi connectivity index (χ2v) is 3.37. The number of nitrogens with two attached hydrogens (primary N) is 1. The van der Waals surface area contributed by atoms with Crippen molar-refractivity contribution in [2.24, 2.45) is 12.8 Å². The van der Waals surface area contributed by atoms with Gasteiger partial charge < -0.3 is 10.8 Å². The van der Waals surface area contributed by atoms with Gasteiger partial charge in [-0.15, -0.1) is 0 Å². The lowest BCUT2D eigenvalue weighted by Crippen LogP contribution is -2.38. The topological polar surface area (TPSA) is 64.1 Å². The highest BCUT2D eigenvalue weighted by Crippen LogP contribution is 2.16. The van der Waals surface area contributed by atoms with E-state index in [1.165, 1.54) is 0 Å². The summed E-state index contributed by atoms with van der Waals surface area (Å²) in [5.41, 5.74) is 6.91. The summed E-state index contributed by atoms with van der Waals surface area (Å²) < 4.78 is 1.70. The monoisotopic (exact) mass is 169 g/mol. The normalized spacial score (nSPS) is 16.1. The van der Waals surface area contributed by atoms with E-state index in [2.05, 4.69) is 5.10 Å². The zero-order valence-corrected chi connectivity index (χ0v) is 7.70. The van der Waals surface area contributed by atoms with Crippen LogP contribution in [0.4, 0.5) is 0 Å². The van der Waals surface area contributed by atoms with Gasteiger partial charge in [0.1, 0.15) is 0 Å². The van der Waals surface area contributed by atoms with E-state index in [1.807, 2.05) is 20.0 Å². The summed E-state index contributed by atoms with van der Waals surface area (Å²) in [6.07, 6.45) is 0. The van der Waals surface area contributed by atoms with Gasteiger partial charge in [0.2, 0.25) is 0 Å². The minimum atomic E-state index is -0.698. The molecule has 0 saturated carbocycles. The lowest BCUT2D eigenvalue weighted by molar-refractivity contribution is 0.203. The van der Waals surface area contributed by atoms with Gasteiger partial charge in [0.05, 0.1) is 23.5 Å². The van der Waals surface area contributed by atoms with Crippen molar-refractivity contribution in [2.45, 2.75) is 19.4 Å². The van der Waals surface area contributed by atoms with Crippen molar-refractivity contribution >= 4 is 0 Å². The predicted octanol–water partition coefficient (Wildman–Crippen LogP) is -0.105. The van der Waals surface area contributed by atoms with Crippen LogP contribution in [0, 0.1) is 6.92 Å². The molecule has 0 spiro atoms. The number of rotatable bonds is 2. The van der Waals surface area contributed by atoms with Crippen LogP contribution in [0.5, 0.6) is 0 Å². The highest BCUT2D eigenvalue weighted by atomic mass is 16.3. The molecule has 0 aromatic carbocycles. The quantitative estimate of drug-likeness (QED) is 0.649. The van der Waals surface area contributed by atoms with Gasteiger partial charge in [-0.3, -0.25) is 4.68 Å². The minimum Gasteiger partial charge on any atom is -0.394 e. The third-order valence-electron chi connectivity index (χ3n) is 1.92. The number of hydrogen-bond acceptors (Lipinski definition) is 3. The zero-order valence-electron chi connectivity index (χ0n) is 7.70. The van der Waals surface area contributed by atoms with E-state index >= 15 is 0 Å². The predicted molar refractivity (Wildman–Crippen MR) is 46.6 cm³/mol. The van der Waals surface area contributed by atoms with Crippen LogP contribution in [0.2, 0.25) is 0 Å². The molecule has 1 atom stereocenters. The average Bonchev–Trinajstić information content (AvgIpc) is 2.31. The van der Waals surface area contributed by atoms with Gasteiger partial charge in [-0.05, 0) is 19.9 Å². The maximum absolute atomic E-state index is 9.02. The number of nitrogens with zero attached hydrogens (tertiary/aromatic N) is 2. The van der Waals surface area contributed by atoms with Crippen LogP contribution in [0.3, 0.4) is 0 Å². The van der Waals surface area contributed by atoms with Crippen LogP contribution in [-0.2, 0) is 12.6 Å². The van der Waals surface area contributed by atoms with E-state index in [4.69, 9.17) is 10.8 Å². The largest absolute Gasteiger partial charge is 0.394 e. The van der Waals surface area contributed by atoms with Gasteiger partial charge in [0, 0.05) is 7.05 Å². The fourth-order valence-electron chi connectivity index (χ4n) is 1.23. The van der Waals surface area contributed by atoms with E-state index in [0.29, 0.717) is 0 Å². The third kappa shape index (κ3) is 1.49. The Labute approximate surface area is 72.0 Å². The molecule has 1 heterocycles. The van der Waals surface area contributed by atoms with E-state index in [-0.39, 0.29) is 6.61 Å². The summed E-state index contributed by atoms with van der Waals surface area (Å²) >= 11 is 0. The van der Waals surface area contributed by atoms with Gasteiger partial charge in [-0.1, -0.05) is 0 Å². The Kier molecular flexibility index (Phi) is 2.21. The summed E-state index contributed by atoms with van der Waals surface area (Å²) in [7, 11) is 1.82. The molecule has 0 saturated heterocycles. The van der Waals surface area contributed by atoms with Gasteiger partial charge >= 0.3 is 0 Å². The molecular formula is C8H15N3O. The van der Waals surface area contributed by atoms with E-state index in [1.54, 1.807) is 11.6 Å². The van der Waals surface area contributed by atoms with Crippen molar-refractivity contribution in [1.29, 1.82) is 0 Å². The van der Waals surface area contributed by atoms with Gasteiger partial charge in [0.25, 0.3) is 0 Å². The number of aromatic nitrogens is 2. The van der Waals surface area contributed by atoms with Crippen molar-refractivity contribution < 1.29 is 5.11 Å². The molecule has 0 amide bonds. The second kappa shape index (κ2) is 2.88. The molecule has 0 radical (unpaired) electrons. The molecule has 12 heavy (non-hydrogen) atoms. The Hall–Kier alpha value is -0.870. The minimum absolute atomic E-state index is 0.0774. The molecule has 1 unspecified atom stereocenters. The first-order valence-electron chi connectivity index (χ1n) is 3.88. The standard InChI is InChI=1S/C8H15N3O/c1-6-4-7(11(3)10-6)8(2,9)5-12/h4,12H,5,9H2,1-3H3. The second-order valence-electron chi connectivity index (χ2n) is 3.37. The molecule has 1 aromatic heterocycles. The van der Waals surface area contributed by atoms with Crippen molar-refractivity contribution in [3.8, 4) is 0 Å². The Morgan fingerprint density at radius 1 is 1.75 bits per heavy atom. The van der Waals surface area contributed by atoms with Crippen molar-refractivity contribution in [3.05, 3.63) is 17.5 Å². The molecule has 3 N–H and O–H groups in total. The first-order valence-corrected chi connectivity index (χ1v) is 3.88. The van der Waals surface area contributed by atoms with Crippen molar-refractivity contribution in [3.63, 3.8) is 0 Å². The molecule has 0 fully saturated rings. The lowest BCUT2D eigenvalue weighted by atomic mass is 10.0. The summed E-state index contributed by atoms with van der Waals surface area (Å²) in [5.74, 6) is 0. The Morgan fingerprint density at radius 2 is 2.33 bits per heavy atom. The van der Waals surface area contributed by atoms with Crippen LogP contribution in [-0.4, -0.2) is 21.5 Å². The van der Waals surface area contributed by atoms with Crippen molar-refractivity contribution in [1.82, 2.24) is 9.78 Å². The molecule has 4 nitrogen and oxygen atoms in total. The van der Waals surface area contributed by atoms with E-state index in [9.17, 15) is 0 Å². The molecule has 0 bridgehead atoms. The van der Waals surface area contributed by atoms with Crippen LogP contribution in [0.15, 0.2) is 6.07 Å². The number of hydrogen-bond donors (Lipinski definition) is 2. The molecule has 1 rings (SSSR count). The number of aryl methyl sites for hydroxylation is 2. The Bertz CT molecular complexity index is 278. The SMILES string of the molecule is Cc1cc(C(C)(N)CO)n(C)n1. The van der Waals surface area contributed by atoms with Crippen LogP contribution < -0.4 is 5.73 Å². The fraction of sp³-hybridized carbons (Fsp3) is 0.625. The van der Waals surface area contributed by atoms with Gasteiger partial charge in [-0.25, -0.2) is 0 Å². The number of aliphatic hydroxyl groups is 1.